The minimum absolute atomic E-state index is 0. The second-order valence-corrected chi connectivity index (χ2v) is 6.93. The first-order valence-electron chi connectivity index (χ1n) is 8.06. The highest BCUT2D eigenvalue weighted by Crippen LogP contribution is 2.21. The van der Waals surface area contributed by atoms with E-state index in [1.807, 2.05) is 6.07 Å². The number of guanidine groups is 1. The predicted molar refractivity (Wildman–Crippen MR) is 109 cm³/mol. The number of carbonyl (C=O) groups excluding carboxylic acids is 1. The largest absolute Gasteiger partial charge is 0.467 e. The van der Waals surface area contributed by atoms with Crippen molar-refractivity contribution < 1.29 is 9.21 Å². The second-order valence-electron chi connectivity index (χ2n) is 6.93. The van der Waals surface area contributed by atoms with Crippen molar-refractivity contribution in [3.63, 3.8) is 0 Å². The summed E-state index contributed by atoms with van der Waals surface area (Å²) in [6, 6.07) is 3.92. The SMILES string of the molecule is CN=C(NCC(=O)NCc1ccco1)NC(C)CCC(C)(C)C.I. The van der Waals surface area contributed by atoms with E-state index in [4.69, 9.17) is 4.42 Å². The summed E-state index contributed by atoms with van der Waals surface area (Å²) in [7, 11) is 1.70. The molecule has 0 bridgehead atoms. The zero-order chi connectivity index (χ0) is 17.3. The highest BCUT2D eigenvalue weighted by Gasteiger charge is 2.13. The monoisotopic (exact) mass is 450 g/mol. The van der Waals surface area contributed by atoms with E-state index in [2.05, 4.69) is 48.6 Å². The molecule has 1 unspecified atom stereocenters. The van der Waals surface area contributed by atoms with Gasteiger partial charge in [0.2, 0.25) is 5.91 Å². The lowest BCUT2D eigenvalue weighted by Gasteiger charge is -2.23. The van der Waals surface area contributed by atoms with E-state index in [0.29, 0.717) is 24.0 Å². The molecule has 1 atom stereocenters. The molecule has 1 aromatic heterocycles. The molecular formula is C17H31IN4O2. The minimum Gasteiger partial charge on any atom is -0.467 e. The molecule has 0 aromatic carbocycles. The van der Waals surface area contributed by atoms with Crippen LogP contribution in [0.4, 0.5) is 0 Å². The van der Waals surface area contributed by atoms with Crippen LogP contribution in [0.1, 0.15) is 46.3 Å². The Labute approximate surface area is 162 Å². The number of amides is 1. The van der Waals surface area contributed by atoms with Crippen LogP contribution >= 0.6 is 24.0 Å². The molecule has 1 heterocycles. The molecule has 138 valence electrons. The summed E-state index contributed by atoms with van der Waals surface area (Å²) in [5.74, 6) is 1.27. The first kappa shape index (κ1) is 22.8. The topological polar surface area (TPSA) is 78.7 Å². The Morgan fingerprint density at radius 2 is 2.04 bits per heavy atom. The van der Waals surface area contributed by atoms with Gasteiger partial charge < -0.3 is 20.4 Å². The van der Waals surface area contributed by atoms with E-state index in [0.717, 1.165) is 18.6 Å². The fourth-order valence-corrected chi connectivity index (χ4v) is 1.98. The number of halogens is 1. The predicted octanol–water partition coefficient (Wildman–Crippen LogP) is 2.89. The Kier molecular flexibility index (Phi) is 10.7. The standard InChI is InChI=1S/C17H30N4O2.HI/c1-13(8-9-17(2,3)4)21-16(18-5)20-12-15(22)19-11-14-7-6-10-23-14;/h6-7,10,13H,8-9,11-12H2,1-5H3,(H,19,22)(H2,18,20,21);1H. The first-order valence-corrected chi connectivity index (χ1v) is 8.06. The number of hydrogen-bond acceptors (Lipinski definition) is 3. The van der Waals surface area contributed by atoms with Gasteiger partial charge in [-0.25, -0.2) is 0 Å². The van der Waals surface area contributed by atoms with Gasteiger partial charge in [-0.2, -0.15) is 0 Å². The lowest BCUT2D eigenvalue weighted by atomic mass is 9.89. The fourth-order valence-electron chi connectivity index (χ4n) is 1.98. The maximum Gasteiger partial charge on any atom is 0.239 e. The second kappa shape index (κ2) is 11.3. The van der Waals surface area contributed by atoms with Crippen molar-refractivity contribution in [2.75, 3.05) is 13.6 Å². The molecule has 6 nitrogen and oxygen atoms in total. The molecule has 0 saturated heterocycles. The molecule has 0 spiro atoms. The van der Waals surface area contributed by atoms with Gasteiger partial charge in [0.25, 0.3) is 0 Å². The molecule has 0 aliphatic heterocycles. The highest BCUT2D eigenvalue weighted by molar-refractivity contribution is 14.0. The molecule has 1 aromatic rings. The molecular weight excluding hydrogens is 419 g/mol. The maximum atomic E-state index is 11.8. The van der Waals surface area contributed by atoms with Crippen LogP contribution in [0.3, 0.4) is 0 Å². The summed E-state index contributed by atoms with van der Waals surface area (Å²) < 4.78 is 5.17. The Morgan fingerprint density at radius 3 is 2.58 bits per heavy atom. The Balaban J connectivity index is 0.00000529. The zero-order valence-corrected chi connectivity index (χ0v) is 17.6. The summed E-state index contributed by atoms with van der Waals surface area (Å²) in [4.78, 5) is 16.0. The van der Waals surface area contributed by atoms with E-state index in [1.54, 1.807) is 19.4 Å². The lowest BCUT2D eigenvalue weighted by molar-refractivity contribution is -0.120. The number of carbonyl (C=O) groups is 1. The normalized spacial score (nSPS) is 13.0. The van der Waals surface area contributed by atoms with Gasteiger partial charge in [0.1, 0.15) is 5.76 Å². The van der Waals surface area contributed by atoms with Gasteiger partial charge in [-0.15, -0.1) is 24.0 Å². The molecule has 1 rings (SSSR count). The molecule has 0 saturated carbocycles. The van der Waals surface area contributed by atoms with Gasteiger partial charge in [0, 0.05) is 13.1 Å². The van der Waals surface area contributed by atoms with E-state index >= 15 is 0 Å². The third kappa shape index (κ3) is 10.5. The van der Waals surface area contributed by atoms with Gasteiger partial charge in [-0.3, -0.25) is 9.79 Å². The molecule has 24 heavy (non-hydrogen) atoms. The summed E-state index contributed by atoms with van der Waals surface area (Å²) in [5.41, 5.74) is 0.318. The summed E-state index contributed by atoms with van der Waals surface area (Å²) in [6.07, 6.45) is 3.77. The van der Waals surface area contributed by atoms with E-state index in [-0.39, 0.29) is 36.4 Å². The fraction of sp³-hybridized carbons (Fsp3) is 0.647. The molecule has 0 aliphatic carbocycles. The van der Waals surface area contributed by atoms with Crippen LogP contribution in [-0.4, -0.2) is 31.5 Å². The summed E-state index contributed by atoms with van der Waals surface area (Å²) in [5, 5.41) is 9.11. The van der Waals surface area contributed by atoms with Crippen LogP contribution in [0.15, 0.2) is 27.8 Å². The molecule has 1 amide bonds. The van der Waals surface area contributed by atoms with Gasteiger partial charge in [-0.1, -0.05) is 20.8 Å². The van der Waals surface area contributed by atoms with Crippen molar-refractivity contribution in [2.45, 2.75) is 53.1 Å². The first-order chi connectivity index (χ1) is 10.8. The Bertz CT molecular complexity index is 495. The number of furan rings is 1. The summed E-state index contributed by atoms with van der Waals surface area (Å²) >= 11 is 0. The highest BCUT2D eigenvalue weighted by atomic mass is 127. The molecule has 7 heteroatoms. The quantitative estimate of drug-likeness (QED) is 0.339. The van der Waals surface area contributed by atoms with Crippen LogP contribution in [-0.2, 0) is 11.3 Å². The lowest BCUT2D eigenvalue weighted by Crippen LogP contribution is -2.46. The van der Waals surface area contributed by atoms with E-state index in [9.17, 15) is 4.79 Å². The van der Waals surface area contributed by atoms with E-state index in [1.165, 1.54) is 0 Å². The minimum atomic E-state index is -0.105. The van der Waals surface area contributed by atoms with Gasteiger partial charge in [0.15, 0.2) is 5.96 Å². The zero-order valence-electron chi connectivity index (χ0n) is 15.3. The molecule has 0 fully saturated rings. The maximum absolute atomic E-state index is 11.8. The van der Waals surface area contributed by atoms with Crippen molar-refractivity contribution in [2.24, 2.45) is 10.4 Å². The number of rotatable bonds is 7. The van der Waals surface area contributed by atoms with Crippen molar-refractivity contribution in [3.8, 4) is 0 Å². The van der Waals surface area contributed by atoms with Crippen LogP contribution < -0.4 is 16.0 Å². The van der Waals surface area contributed by atoms with Crippen LogP contribution in [0, 0.1) is 5.41 Å². The third-order valence-corrected chi connectivity index (χ3v) is 3.39. The van der Waals surface area contributed by atoms with Crippen molar-refractivity contribution in [1.82, 2.24) is 16.0 Å². The summed E-state index contributed by atoms with van der Waals surface area (Å²) in [6.45, 7) is 9.38. The van der Waals surface area contributed by atoms with Gasteiger partial charge in [0.05, 0.1) is 19.4 Å². The van der Waals surface area contributed by atoms with Crippen LogP contribution in [0.2, 0.25) is 0 Å². The van der Waals surface area contributed by atoms with Crippen molar-refractivity contribution in [1.29, 1.82) is 0 Å². The van der Waals surface area contributed by atoms with Crippen LogP contribution in [0.5, 0.6) is 0 Å². The van der Waals surface area contributed by atoms with Crippen LogP contribution in [0.25, 0.3) is 0 Å². The molecule has 3 N–H and O–H groups in total. The van der Waals surface area contributed by atoms with Crippen molar-refractivity contribution in [3.05, 3.63) is 24.2 Å². The average Bonchev–Trinajstić information content (AvgIpc) is 3.00. The number of hydrogen-bond donors (Lipinski definition) is 3. The number of aliphatic imine (C=N–C) groups is 1. The number of nitrogens with one attached hydrogen (secondary N) is 3. The van der Waals surface area contributed by atoms with Gasteiger partial charge in [-0.05, 0) is 37.3 Å². The smallest absolute Gasteiger partial charge is 0.239 e. The van der Waals surface area contributed by atoms with Crippen molar-refractivity contribution >= 4 is 35.8 Å². The third-order valence-electron chi connectivity index (χ3n) is 3.39. The molecule has 0 radical (unpaired) electrons. The molecule has 0 aliphatic rings. The van der Waals surface area contributed by atoms with E-state index < -0.39 is 0 Å². The Morgan fingerprint density at radius 1 is 1.33 bits per heavy atom. The number of nitrogens with zero attached hydrogens (tertiary/aromatic N) is 1. The Hall–Kier alpha value is -1.25. The van der Waals surface area contributed by atoms with Gasteiger partial charge >= 0.3 is 0 Å². The average molecular weight is 450 g/mol.